The number of rotatable bonds is 2. The summed E-state index contributed by atoms with van der Waals surface area (Å²) in [5.41, 5.74) is 1.56. The number of hydrogen-bond acceptors (Lipinski definition) is 0. The third kappa shape index (κ3) is 1.95. The fraction of sp³-hybridized carbons (Fsp3) is 0.636. The zero-order valence-corrected chi connectivity index (χ0v) is 7.80. The molecule has 1 rings (SSSR count). The molecule has 0 amide bonds. The van der Waals surface area contributed by atoms with Crippen molar-refractivity contribution in [3.8, 4) is 0 Å². The molecule has 0 heterocycles. The van der Waals surface area contributed by atoms with E-state index in [1.165, 1.54) is 12.8 Å². The Bertz CT molecular complexity index is 174. The van der Waals surface area contributed by atoms with Crippen LogP contribution in [-0.4, -0.2) is 0 Å². The molecule has 1 aliphatic rings. The summed E-state index contributed by atoms with van der Waals surface area (Å²) in [5, 5.41) is 0. The van der Waals surface area contributed by atoms with Gasteiger partial charge in [0, 0.05) is 0 Å². The lowest BCUT2D eigenvalue weighted by Crippen LogP contribution is -2.13. The van der Waals surface area contributed by atoms with E-state index in [9.17, 15) is 0 Å². The van der Waals surface area contributed by atoms with Gasteiger partial charge >= 0.3 is 0 Å². The second-order valence-corrected chi connectivity index (χ2v) is 3.55. The minimum absolute atomic E-state index is 0.750. The van der Waals surface area contributed by atoms with Crippen LogP contribution in [0.15, 0.2) is 23.8 Å². The molecular weight excluding hydrogens is 132 g/mol. The van der Waals surface area contributed by atoms with E-state index in [0.717, 1.165) is 11.8 Å². The molecular formula is C11H18. The summed E-state index contributed by atoms with van der Waals surface area (Å²) in [6.07, 6.45) is 9.39. The monoisotopic (exact) mass is 150 g/mol. The van der Waals surface area contributed by atoms with E-state index in [-0.39, 0.29) is 0 Å². The van der Waals surface area contributed by atoms with Crippen LogP contribution in [0.2, 0.25) is 0 Å². The van der Waals surface area contributed by atoms with Crippen LogP contribution >= 0.6 is 0 Å². The molecule has 0 heteroatoms. The summed E-state index contributed by atoms with van der Waals surface area (Å²) in [6.45, 7) is 6.83. The molecule has 0 bridgehead atoms. The molecule has 62 valence electrons. The Labute approximate surface area is 70.0 Å². The summed E-state index contributed by atoms with van der Waals surface area (Å²) in [6, 6.07) is 0. The van der Waals surface area contributed by atoms with Gasteiger partial charge in [0.1, 0.15) is 0 Å². The normalized spacial score (nSPS) is 30.3. The molecule has 0 aromatic rings. The Hall–Kier alpha value is -0.520. The van der Waals surface area contributed by atoms with Gasteiger partial charge in [-0.15, -0.1) is 0 Å². The van der Waals surface area contributed by atoms with E-state index in [0.29, 0.717) is 0 Å². The lowest BCUT2D eigenvalue weighted by molar-refractivity contribution is 0.442. The lowest BCUT2D eigenvalue weighted by Gasteiger charge is -2.24. The predicted octanol–water partition coefficient (Wildman–Crippen LogP) is 3.55. The highest BCUT2D eigenvalue weighted by atomic mass is 14.2. The van der Waals surface area contributed by atoms with Crippen molar-refractivity contribution in [3.63, 3.8) is 0 Å². The summed E-state index contributed by atoms with van der Waals surface area (Å²) in [4.78, 5) is 0. The molecule has 2 atom stereocenters. The largest absolute Gasteiger partial charge is 0.0811 e. The summed E-state index contributed by atoms with van der Waals surface area (Å²) in [7, 11) is 0. The molecule has 0 radical (unpaired) electrons. The molecule has 0 aromatic heterocycles. The van der Waals surface area contributed by atoms with Gasteiger partial charge in [-0.2, -0.15) is 0 Å². The first kappa shape index (κ1) is 8.58. The Balaban J connectivity index is 2.62. The highest BCUT2D eigenvalue weighted by Crippen LogP contribution is 2.29. The second-order valence-electron chi connectivity index (χ2n) is 3.55. The maximum Gasteiger partial charge on any atom is -0.0143 e. The third-order valence-electron chi connectivity index (χ3n) is 2.59. The SMILES string of the molecule is CCCC1C(C)=CC=CC1C. The van der Waals surface area contributed by atoms with Crippen LogP contribution in [0.4, 0.5) is 0 Å². The van der Waals surface area contributed by atoms with Crippen LogP contribution < -0.4 is 0 Å². The van der Waals surface area contributed by atoms with Gasteiger partial charge in [0.15, 0.2) is 0 Å². The van der Waals surface area contributed by atoms with E-state index in [1.807, 2.05) is 0 Å². The zero-order chi connectivity index (χ0) is 8.27. The third-order valence-corrected chi connectivity index (χ3v) is 2.59. The van der Waals surface area contributed by atoms with Crippen LogP contribution in [0.3, 0.4) is 0 Å². The second kappa shape index (κ2) is 3.75. The molecule has 0 saturated carbocycles. The van der Waals surface area contributed by atoms with E-state index in [4.69, 9.17) is 0 Å². The number of hydrogen-bond donors (Lipinski definition) is 0. The molecule has 0 N–H and O–H groups in total. The van der Waals surface area contributed by atoms with Crippen molar-refractivity contribution in [1.29, 1.82) is 0 Å². The molecule has 0 spiro atoms. The Morgan fingerprint density at radius 3 is 2.73 bits per heavy atom. The van der Waals surface area contributed by atoms with Gasteiger partial charge in [-0.1, -0.05) is 44.1 Å². The summed E-state index contributed by atoms with van der Waals surface area (Å²) in [5.74, 6) is 1.56. The fourth-order valence-corrected chi connectivity index (χ4v) is 1.86. The molecule has 0 fully saturated rings. The van der Waals surface area contributed by atoms with Gasteiger partial charge in [0.2, 0.25) is 0 Å². The van der Waals surface area contributed by atoms with Crippen molar-refractivity contribution in [3.05, 3.63) is 23.8 Å². The molecule has 0 saturated heterocycles. The van der Waals surface area contributed by atoms with Gasteiger partial charge < -0.3 is 0 Å². The Kier molecular flexibility index (Phi) is 2.92. The van der Waals surface area contributed by atoms with Gasteiger partial charge in [0.25, 0.3) is 0 Å². The maximum atomic E-state index is 2.31. The topological polar surface area (TPSA) is 0 Å². The van der Waals surface area contributed by atoms with E-state index >= 15 is 0 Å². The highest BCUT2D eigenvalue weighted by molar-refractivity contribution is 5.20. The van der Waals surface area contributed by atoms with Crippen molar-refractivity contribution in [2.45, 2.75) is 33.6 Å². The van der Waals surface area contributed by atoms with Crippen molar-refractivity contribution >= 4 is 0 Å². The molecule has 0 aromatic carbocycles. The van der Waals surface area contributed by atoms with Crippen LogP contribution in [0, 0.1) is 11.8 Å². The van der Waals surface area contributed by atoms with Gasteiger partial charge in [-0.3, -0.25) is 0 Å². The highest BCUT2D eigenvalue weighted by Gasteiger charge is 2.17. The molecule has 1 aliphatic carbocycles. The van der Waals surface area contributed by atoms with Crippen LogP contribution in [0.25, 0.3) is 0 Å². The van der Waals surface area contributed by atoms with Gasteiger partial charge in [-0.25, -0.2) is 0 Å². The van der Waals surface area contributed by atoms with Crippen molar-refractivity contribution < 1.29 is 0 Å². The molecule has 0 aliphatic heterocycles. The minimum Gasteiger partial charge on any atom is -0.0811 e. The maximum absolute atomic E-state index is 2.31. The van der Waals surface area contributed by atoms with Gasteiger partial charge in [-0.05, 0) is 25.2 Å². The molecule has 0 nitrogen and oxygen atoms in total. The van der Waals surface area contributed by atoms with Crippen LogP contribution in [-0.2, 0) is 0 Å². The first-order chi connectivity index (χ1) is 5.25. The lowest BCUT2D eigenvalue weighted by atomic mass is 9.81. The minimum atomic E-state index is 0.750. The average molecular weight is 150 g/mol. The van der Waals surface area contributed by atoms with Crippen LogP contribution in [0.5, 0.6) is 0 Å². The van der Waals surface area contributed by atoms with Crippen molar-refractivity contribution in [2.75, 3.05) is 0 Å². The quantitative estimate of drug-likeness (QED) is 0.564. The smallest absolute Gasteiger partial charge is 0.0143 e. The predicted molar refractivity (Wildman–Crippen MR) is 50.5 cm³/mol. The first-order valence-corrected chi connectivity index (χ1v) is 4.60. The van der Waals surface area contributed by atoms with E-state index in [2.05, 4.69) is 39.0 Å². The molecule has 2 unspecified atom stereocenters. The standard InChI is InChI=1S/C11H18/c1-4-6-11-9(2)7-5-8-10(11)3/h5,7-9,11H,4,6H2,1-3H3. The Morgan fingerprint density at radius 1 is 1.45 bits per heavy atom. The summed E-state index contributed by atoms with van der Waals surface area (Å²) < 4.78 is 0. The molecule has 11 heavy (non-hydrogen) atoms. The Morgan fingerprint density at radius 2 is 2.18 bits per heavy atom. The van der Waals surface area contributed by atoms with Gasteiger partial charge in [0.05, 0.1) is 0 Å². The zero-order valence-electron chi connectivity index (χ0n) is 7.80. The summed E-state index contributed by atoms with van der Waals surface area (Å²) >= 11 is 0. The fourth-order valence-electron chi connectivity index (χ4n) is 1.86. The van der Waals surface area contributed by atoms with Crippen molar-refractivity contribution in [2.24, 2.45) is 11.8 Å². The number of allylic oxidation sites excluding steroid dienone is 4. The van der Waals surface area contributed by atoms with Crippen molar-refractivity contribution in [1.82, 2.24) is 0 Å². The first-order valence-electron chi connectivity index (χ1n) is 4.60. The van der Waals surface area contributed by atoms with E-state index in [1.54, 1.807) is 5.57 Å². The van der Waals surface area contributed by atoms with Crippen LogP contribution in [0.1, 0.15) is 33.6 Å². The average Bonchev–Trinajstić information content (AvgIpc) is 1.97. The van der Waals surface area contributed by atoms with E-state index < -0.39 is 0 Å².